The van der Waals surface area contributed by atoms with Gasteiger partial charge in [-0.25, -0.2) is 0 Å². The van der Waals surface area contributed by atoms with Gasteiger partial charge in [-0.05, 0) is 26.4 Å². The average Bonchev–Trinajstić information content (AvgIpc) is 1.96. The van der Waals surface area contributed by atoms with Crippen LogP contribution in [0.15, 0.2) is 0 Å². The van der Waals surface area contributed by atoms with E-state index in [1.807, 2.05) is 7.05 Å². The fraction of sp³-hybridized carbons (Fsp3) is 1.00. The molecule has 1 fully saturated rings. The van der Waals surface area contributed by atoms with E-state index in [1.165, 1.54) is 0 Å². The molecule has 0 radical (unpaired) electrons. The highest BCUT2D eigenvalue weighted by molar-refractivity contribution is 4.78. The maximum absolute atomic E-state index is 9.32. The van der Waals surface area contributed by atoms with Crippen molar-refractivity contribution in [1.82, 2.24) is 4.90 Å². The number of likely N-dealkylation sites (N-methyl/N-ethyl adjacent to an activating group) is 1. The summed E-state index contributed by atoms with van der Waals surface area (Å²) in [4.78, 5) is 2.17. The Hall–Kier alpha value is -0.120. The fourth-order valence-corrected chi connectivity index (χ4v) is 1.36. The number of nitrogens with two attached hydrogens (primary N) is 1. The zero-order chi connectivity index (χ0) is 7.56. The van der Waals surface area contributed by atoms with Gasteiger partial charge >= 0.3 is 0 Å². The minimum Gasteiger partial charge on any atom is -0.391 e. The van der Waals surface area contributed by atoms with E-state index in [4.69, 9.17) is 5.73 Å². The first-order chi connectivity index (χ1) is 4.70. The Balaban J connectivity index is 2.41. The van der Waals surface area contributed by atoms with E-state index in [0.717, 1.165) is 25.9 Å². The highest BCUT2D eigenvalue weighted by Crippen LogP contribution is 2.07. The third kappa shape index (κ3) is 1.94. The molecule has 0 bridgehead atoms. The Labute approximate surface area is 61.8 Å². The molecule has 0 amide bonds. The van der Waals surface area contributed by atoms with E-state index in [0.29, 0.717) is 0 Å². The summed E-state index contributed by atoms with van der Waals surface area (Å²) in [6.45, 7) is 1.88. The zero-order valence-corrected chi connectivity index (χ0v) is 6.45. The molecule has 60 valence electrons. The highest BCUT2D eigenvalue weighted by atomic mass is 16.3. The maximum Gasteiger partial charge on any atom is 0.0704 e. The van der Waals surface area contributed by atoms with Crippen LogP contribution in [0.4, 0.5) is 0 Å². The van der Waals surface area contributed by atoms with Gasteiger partial charge in [0.05, 0.1) is 6.10 Å². The van der Waals surface area contributed by atoms with E-state index in [-0.39, 0.29) is 12.1 Å². The predicted octanol–water partition coefficient (Wildman–Crippen LogP) is -0.600. The normalized spacial score (nSPS) is 37.5. The molecule has 3 N–H and O–H groups in total. The van der Waals surface area contributed by atoms with Crippen molar-refractivity contribution in [2.75, 3.05) is 20.1 Å². The number of aliphatic hydroxyl groups is 1. The highest BCUT2D eigenvalue weighted by Gasteiger charge is 2.19. The van der Waals surface area contributed by atoms with E-state index >= 15 is 0 Å². The van der Waals surface area contributed by atoms with Crippen molar-refractivity contribution in [2.24, 2.45) is 5.73 Å². The molecule has 0 aromatic rings. The van der Waals surface area contributed by atoms with Crippen molar-refractivity contribution in [3.8, 4) is 0 Å². The lowest BCUT2D eigenvalue weighted by Gasteiger charge is -2.18. The lowest BCUT2D eigenvalue weighted by Crippen LogP contribution is -2.41. The first kappa shape index (κ1) is 7.98. The molecule has 1 rings (SSSR count). The molecule has 10 heavy (non-hydrogen) atoms. The van der Waals surface area contributed by atoms with Gasteiger partial charge in [-0.1, -0.05) is 0 Å². The van der Waals surface area contributed by atoms with Crippen LogP contribution in [-0.2, 0) is 0 Å². The first-order valence-electron chi connectivity index (χ1n) is 3.82. The molecule has 0 spiro atoms. The van der Waals surface area contributed by atoms with Crippen LogP contribution >= 0.6 is 0 Å². The third-order valence-electron chi connectivity index (χ3n) is 2.06. The Morgan fingerprint density at radius 1 is 1.60 bits per heavy atom. The van der Waals surface area contributed by atoms with Crippen molar-refractivity contribution in [2.45, 2.75) is 25.0 Å². The van der Waals surface area contributed by atoms with Crippen molar-refractivity contribution in [1.29, 1.82) is 0 Å². The second kappa shape index (κ2) is 3.32. The lowest BCUT2D eigenvalue weighted by molar-refractivity contribution is 0.136. The van der Waals surface area contributed by atoms with Gasteiger partial charge in [-0.15, -0.1) is 0 Å². The summed E-state index contributed by atoms with van der Waals surface area (Å²) < 4.78 is 0. The average molecular weight is 144 g/mol. The second-order valence-corrected chi connectivity index (χ2v) is 3.14. The maximum atomic E-state index is 9.32. The number of rotatable bonds is 0. The van der Waals surface area contributed by atoms with E-state index in [1.54, 1.807) is 0 Å². The molecular weight excluding hydrogens is 128 g/mol. The summed E-state index contributed by atoms with van der Waals surface area (Å²) in [5, 5.41) is 9.32. The van der Waals surface area contributed by atoms with Gasteiger partial charge in [0.1, 0.15) is 0 Å². The van der Waals surface area contributed by atoms with Gasteiger partial charge in [0, 0.05) is 12.6 Å². The molecule has 0 unspecified atom stereocenters. The van der Waals surface area contributed by atoms with Gasteiger partial charge in [0.25, 0.3) is 0 Å². The Morgan fingerprint density at radius 3 is 3.00 bits per heavy atom. The number of nitrogens with zero attached hydrogens (tertiary/aromatic N) is 1. The summed E-state index contributed by atoms with van der Waals surface area (Å²) in [6.07, 6.45) is 1.63. The third-order valence-corrected chi connectivity index (χ3v) is 2.06. The number of likely N-dealkylation sites (tertiary alicyclic amines) is 1. The van der Waals surface area contributed by atoms with Gasteiger partial charge in [0.15, 0.2) is 0 Å². The van der Waals surface area contributed by atoms with Crippen molar-refractivity contribution < 1.29 is 5.11 Å². The topological polar surface area (TPSA) is 49.5 Å². The van der Waals surface area contributed by atoms with Crippen LogP contribution in [0.3, 0.4) is 0 Å². The monoisotopic (exact) mass is 144 g/mol. The van der Waals surface area contributed by atoms with E-state index in [2.05, 4.69) is 4.90 Å². The second-order valence-electron chi connectivity index (χ2n) is 3.14. The molecule has 0 aromatic carbocycles. The quantitative estimate of drug-likeness (QED) is 0.477. The van der Waals surface area contributed by atoms with Crippen LogP contribution in [0, 0.1) is 0 Å². The fourth-order valence-electron chi connectivity index (χ4n) is 1.36. The van der Waals surface area contributed by atoms with Crippen LogP contribution in [-0.4, -0.2) is 42.3 Å². The minimum atomic E-state index is -0.287. The molecule has 1 saturated heterocycles. The van der Waals surface area contributed by atoms with Gasteiger partial charge in [0.2, 0.25) is 0 Å². The van der Waals surface area contributed by atoms with Gasteiger partial charge < -0.3 is 15.7 Å². The van der Waals surface area contributed by atoms with E-state index < -0.39 is 0 Å². The summed E-state index contributed by atoms with van der Waals surface area (Å²) in [7, 11) is 2.04. The Kier molecular flexibility index (Phi) is 2.65. The summed E-state index contributed by atoms with van der Waals surface area (Å²) >= 11 is 0. The van der Waals surface area contributed by atoms with Crippen LogP contribution < -0.4 is 5.73 Å². The van der Waals surface area contributed by atoms with Crippen molar-refractivity contribution in [3.05, 3.63) is 0 Å². The molecule has 0 aliphatic carbocycles. The lowest BCUT2D eigenvalue weighted by atomic mass is 10.1. The molecule has 1 aliphatic rings. The largest absolute Gasteiger partial charge is 0.391 e. The van der Waals surface area contributed by atoms with Crippen molar-refractivity contribution >= 4 is 0 Å². The number of aliphatic hydroxyl groups excluding tert-OH is 1. The molecular formula is C7H16N2O. The summed E-state index contributed by atoms with van der Waals surface area (Å²) in [5.41, 5.74) is 5.68. The smallest absolute Gasteiger partial charge is 0.0704 e. The van der Waals surface area contributed by atoms with Gasteiger partial charge in [-0.2, -0.15) is 0 Å². The summed E-state index contributed by atoms with van der Waals surface area (Å²) in [5.74, 6) is 0. The standard InChI is InChI=1S/C7H16N2O/c1-9-4-2-3-7(10)6(8)5-9/h6-7,10H,2-5,8H2,1H3/t6-,7+/m1/s1. The van der Waals surface area contributed by atoms with E-state index in [9.17, 15) is 5.11 Å². The molecule has 1 heterocycles. The minimum absolute atomic E-state index is 0.0486. The number of hydrogen-bond acceptors (Lipinski definition) is 3. The van der Waals surface area contributed by atoms with Crippen LogP contribution in [0.2, 0.25) is 0 Å². The molecule has 0 aromatic heterocycles. The molecule has 1 aliphatic heterocycles. The van der Waals surface area contributed by atoms with Crippen LogP contribution in [0.1, 0.15) is 12.8 Å². The molecule has 3 heteroatoms. The molecule has 3 nitrogen and oxygen atoms in total. The Morgan fingerprint density at radius 2 is 2.30 bits per heavy atom. The van der Waals surface area contributed by atoms with Crippen LogP contribution in [0.25, 0.3) is 0 Å². The SMILES string of the molecule is CN1CCC[C@H](O)[C@H](N)C1. The number of hydrogen-bond donors (Lipinski definition) is 2. The molecule has 0 saturated carbocycles. The van der Waals surface area contributed by atoms with Gasteiger partial charge in [-0.3, -0.25) is 0 Å². The van der Waals surface area contributed by atoms with Crippen LogP contribution in [0.5, 0.6) is 0 Å². The summed E-state index contributed by atoms with van der Waals surface area (Å²) in [6, 6.07) is -0.0486. The first-order valence-corrected chi connectivity index (χ1v) is 3.82. The molecule has 2 atom stereocenters. The zero-order valence-electron chi connectivity index (χ0n) is 6.45. The Bertz CT molecular complexity index is 108. The van der Waals surface area contributed by atoms with Crippen molar-refractivity contribution in [3.63, 3.8) is 0 Å². The predicted molar refractivity (Wildman–Crippen MR) is 40.7 cm³/mol.